The van der Waals surface area contributed by atoms with E-state index in [1.54, 1.807) is 0 Å². The first kappa shape index (κ1) is 23.8. The zero-order valence-corrected chi connectivity index (χ0v) is 21.1. The molecule has 4 aliphatic rings. The largest absolute Gasteiger partial charge is 0.395 e. The fourth-order valence-electron chi connectivity index (χ4n) is 9.39. The van der Waals surface area contributed by atoms with E-state index in [-0.39, 0.29) is 11.5 Å². The average molecular weight is 431 g/mol. The molecule has 4 rings (SSSR count). The number of rotatable bonds is 7. The lowest BCUT2D eigenvalue weighted by molar-refractivity contribution is -0.0797. The van der Waals surface area contributed by atoms with Gasteiger partial charge in [0.25, 0.3) is 0 Å². The number of aliphatic hydroxyl groups excluding tert-OH is 2. The summed E-state index contributed by atoms with van der Waals surface area (Å²) in [7, 11) is 0. The molecule has 178 valence electrons. The van der Waals surface area contributed by atoms with E-state index in [4.69, 9.17) is 0 Å². The van der Waals surface area contributed by atoms with E-state index >= 15 is 0 Å². The Hall–Kier alpha value is -0.340. The number of hydrogen-bond acceptors (Lipinski definition) is 2. The third-order valence-electron chi connectivity index (χ3n) is 11.3. The van der Waals surface area contributed by atoms with Gasteiger partial charge in [-0.05, 0) is 105 Å². The lowest BCUT2D eigenvalue weighted by Gasteiger charge is -2.59. The molecule has 9 atom stereocenters. The summed E-state index contributed by atoms with van der Waals surface area (Å²) in [5.74, 6) is 5.64. The lowest BCUT2D eigenvalue weighted by atomic mass is 9.46. The van der Waals surface area contributed by atoms with E-state index in [1.165, 1.54) is 56.9 Å². The van der Waals surface area contributed by atoms with Crippen LogP contribution in [0, 0.1) is 52.3 Å². The monoisotopic (exact) mass is 430 g/mol. The van der Waals surface area contributed by atoms with Crippen LogP contribution in [-0.4, -0.2) is 22.9 Å². The molecule has 2 N–H and O–H groups in total. The molecule has 2 heteroatoms. The van der Waals surface area contributed by atoms with Gasteiger partial charge in [0.2, 0.25) is 0 Å². The number of fused-ring (bicyclic) bond motifs is 5. The van der Waals surface area contributed by atoms with E-state index < -0.39 is 0 Å². The van der Waals surface area contributed by atoms with Crippen LogP contribution < -0.4 is 0 Å². The number of hydrogen-bond donors (Lipinski definition) is 2. The Morgan fingerprint density at radius 3 is 2.48 bits per heavy atom. The molecule has 0 aromatic carbocycles. The van der Waals surface area contributed by atoms with Gasteiger partial charge in [-0.2, -0.15) is 0 Å². The van der Waals surface area contributed by atoms with Gasteiger partial charge in [0, 0.05) is 5.41 Å². The second kappa shape index (κ2) is 9.13. The SMILES string of the molecule is CC[C@@H](CC[C@H](C)[C@@H]1CC[C@H]2[C@@H]3CC=C4C[C@H](O)CC[C@]4(CO)[C@@H]3CC[C@]21C)C(C)C. The van der Waals surface area contributed by atoms with Gasteiger partial charge in [-0.15, -0.1) is 0 Å². The van der Waals surface area contributed by atoms with Crippen LogP contribution in [0.1, 0.15) is 105 Å². The van der Waals surface area contributed by atoms with Crippen LogP contribution >= 0.6 is 0 Å². The molecule has 0 unspecified atom stereocenters. The fraction of sp³-hybridized carbons (Fsp3) is 0.931. The topological polar surface area (TPSA) is 40.5 Å². The quantitative estimate of drug-likeness (QED) is 0.427. The molecule has 0 radical (unpaired) electrons. The Labute approximate surface area is 192 Å². The molecular formula is C29H50O2. The predicted molar refractivity (Wildman–Crippen MR) is 130 cm³/mol. The summed E-state index contributed by atoms with van der Waals surface area (Å²) in [6.45, 7) is 12.7. The first-order valence-electron chi connectivity index (χ1n) is 13.7. The number of allylic oxidation sites excluding steroid dienone is 1. The van der Waals surface area contributed by atoms with Crippen LogP contribution in [0.15, 0.2) is 11.6 Å². The van der Waals surface area contributed by atoms with Crippen molar-refractivity contribution in [1.29, 1.82) is 0 Å². The zero-order chi connectivity index (χ0) is 22.4. The Morgan fingerprint density at radius 2 is 1.81 bits per heavy atom. The van der Waals surface area contributed by atoms with Crippen molar-refractivity contribution in [3.05, 3.63) is 11.6 Å². The van der Waals surface area contributed by atoms with Crippen LogP contribution in [-0.2, 0) is 0 Å². The van der Waals surface area contributed by atoms with Crippen LogP contribution in [0.4, 0.5) is 0 Å². The maximum atomic E-state index is 10.6. The molecule has 0 amide bonds. The highest BCUT2D eigenvalue weighted by atomic mass is 16.3. The minimum absolute atomic E-state index is 0.0151. The van der Waals surface area contributed by atoms with Gasteiger partial charge in [0.15, 0.2) is 0 Å². The highest BCUT2D eigenvalue weighted by Gasteiger charge is 2.60. The van der Waals surface area contributed by atoms with Crippen LogP contribution in [0.3, 0.4) is 0 Å². The highest BCUT2D eigenvalue weighted by Crippen LogP contribution is 2.67. The van der Waals surface area contributed by atoms with Gasteiger partial charge in [-0.3, -0.25) is 0 Å². The normalized spacial score (nSPS) is 44.3. The van der Waals surface area contributed by atoms with Gasteiger partial charge in [-0.1, -0.05) is 59.1 Å². The zero-order valence-electron chi connectivity index (χ0n) is 21.1. The standard InChI is InChI=1S/C29H50O2/c1-6-21(19(2)3)8-7-20(4)25-11-12-26-24-10-9-22-17-23(31)13-16-29(22,18-30)27(24)14-15-28(25,26)5/h9,19-21,23-27,30-31H,6-8,10-18H2,1-5H3/t20-,21-,23+,24-,25-,26-,27+,28-,29+/m0/s1. The Morgan fingerprint density at radius 1 is 1.03 bits per heavy atom. The van der Waals surface area contributed by atoms with Crippen molar-refractivity contribution in [2.75, 3.05) is 6.61 Å². The Balaban J connectivity index is 1.50. The van der Waals surface area contributed by atoms with E-state index in [0.29, 0.717) is 17.9 Å². The average Bonchev–Trinajstić information content (AvgIpc) is 3.10. The first-order valence-corrected chi connectivity index (χ1v) is 13.7. The molecule has 4 aliphatic carbocycles. The summed E-state index contributed by atoms with van der Waals surface area (Å²) in [6, 6.07) is 0. The third-order valence-corrected chi connectivity index (χ3v) is 11.3. The van der Waals surface area contributed by atoms with Gasteiger partial charge >= 0.3 is 0 Å². The summed E-state index contributed by atoms with van der Waals surface area (Å²) in [5.41, 5.74) is 1.88. The molecule has 0 bridgehead atoms. The first-order chi connectivity index (χ1) is 14.8. The van der Waals surface area contributed by atoms with E-state index in [0.717, 1.165) is 54.8 Å². The number of aliphatic hydroxyl groups is 2. The highest BCUT2D eigenvalue weighted by molar-refractivity contribution is 5.26. The predicted octanol–water partition coefficient (Wildman–Crippen LogP) is 7.00. The smallest absolute Gasteiger partial charge is 0.0577 e. The van der Waals surface area contributed by atoms with E-state index in [2.05, 4.69) is 40.7 Å². The maximum absolute atomic E-state index is 10.6. The van der Waals surface area contributed by atoms with Gasteiger partial charge in [-0.25, -0.2) is 0 Å². The molecule has 0 aromatic rings. The van der Waals surface area contributed by atoms with Crippen LogP contribution in [0.2, 0.25) is 0 Å². The second-order valence-electron chi connectivity index (χ2n) is 12.7. The summed E-state index contributed by atoms with van der Waals surface area (Å²) in [5, 5.41) is 20.9. The Kier molecular flexibility index (Phi) is 7.01. The Bertz CT molecular complexity index is 653. The lowest BCUT2D eigenvalue weighted by Crippen LogP contribution is -2.53. The summed E-state index contributed by atoms with van der Waals surface area (Å²) in [6.07, 6.45) is 15.7. The van der Waals surface area contributed by atoms with Crippen molar-refractivity contribution in [3.63, 3.8) is 0 Å². The van der Waals surface area contributed by atoms with Gasteiger partial charge < -0.3 is 10.2 Å². The van der Waals surface area contributed by atoms with Crippen molar-refractivity contribution in [1.82, 2.24) is 0 Å². The second-order valence-corrected chi connectivity index (χ2v) is 12.7. The molecule has 0 saturated heterocycles. The van der Waals surface area contributed by atoms with Crippen molar-refractivity contribution < 1.29 is 10.2 Å². The van der Waals surface area contributed by atoms with Crippen LogP contribution in [0.25, 0.3) is 0 Å². The summed E-state index contributed by atoms with van der Waals surface area (Å²) < 4.78 is 0. The summed E-state index contributed by atoms with van der Waals surface area (Å²) in [4.78, 5) is 0. The minimum atomic E-state index is -0.189. The van der Waals surface area contributed by atoms with Gasteiger partial charge in [0.1, 0.15) is 0 Å². The van der Waals surface area contributed by atoms with E-state index in [1.807, 2.05) is 0 Å². The van der Waals surface area contributed by atoms with Crippen molar-refractivity contribution >= 4 is 0 Å². The molecule has 3 saturated carbocycles. The molecule has 2 nitrogen and oxygen atoms in total. The maximum Gasteiger partial charge on any atom is 0.0577 e. The third kappa shape index (κ3) is 3.96. The van der Waals surface area contributed by atoms with Crippen molar-refractivity contribution in [2.45, 2.75) is 111 Å². The van der Waals surface area contributed by atoms with Crippen LogP contribution in [0.5, 0.6) is 0 Å². The fourth-order valence-corrected chi connectivity index (χ4v) is 9.39. The molecule has 0 aromatic heterocycles. The van der Waals surface area contributed by atoms with Gasteiger partial charge in [0.05, 0.1) is 12.7 Å². The van der Waals surface area contributed by atoms with Crippen molar-refractivity contribution in [3.8, 4) is 0 Å². The van der Waals surface area contributed by atoms with Crippen molar-refractivity contribution in [2.24, 2.45) is 52.3 Å². The van der Waals surface area contributed by atoms with E-state index in [9.17, 15) is 10.2 Å². The molecule has 0 aliphatic heterocycles. The molecular weight excluding hydrogens is 380 g/mol. The molecule has 0 spiro atoms. The molecule has 31 heavy (non-hydrogen) atoms. The summed E-state index contributed by atoms with van der Waals surface area (Å²) >= 11 is 0. The molecule has 0 heterocycles. The minimum Gasteiger partial charge on any atom is -0.395 e. The molecule has 3 fully saturated rings.